The van der Waals surface area contributed by atoms with Crippen molar-refractivity contribution < 1.29 is 14.0 Å². The Kier molecular flexibility index (Phi) is 5.90. The number of piperazine rings is 1. The number of fused-ring (bicyclic) bond motifs is 1. The molecule has 1 aliphatic rings. The number of hydrogen-bond donors (Lipinski definition) is 0. The molecule has 2 aromatic carbocycles. The van der Waals surface area contributed by atoms with Gasteiger partial charge in [0.15, 0.2) is 5.58 Å². The highest BCUT2D eigenvalue weighted by molar-refractivity contribution is 5.92. The Labute approximate surface area is 173 Å². The van der Waals surface area contributed by atoms with Crippen LogP contribution >= 0.6 is 0 Å². The largest absolute Gasteiger partial charge is 0.426 e. The molecule has 1 aliphatic heterocycles. The first-order chi connectivity index (χ1) is 14.6. The van der Waals surface area contributed by atoms with Crippen LogP contribution in [-0.2, 0) is 4.79 Å². The maximum absolute atomic E-state index is 12.6. The summed E-state index contributed by atoms with van der Waals surface area (Å²) >= 11 is 0. The molecule has 0 atom stereocenters. The van der Waals surface area contributed by atoms with Crippen molar-refractivity contribution in [1.29, 1.82) is 0 Å². The van der Waals surface area contributed by atoms with E-state index in [1.807, 2.05) is 41.3 Å². The molecule has 1 aromatic heterocycles. The van der Waals surface area contributed by atoms with E-state index in [1.54, 1.807) is 30.3 Å². The summed E-state index contributed by atoms with van der Waals surface area (Å²) in [4.78, 5) is 40.9. The summed E-state index contributed by atoms with van der Waals surface area (Å²) in [6, 6.07) is 16.6. The lowest BCUT2D eigenvalue weighted by Crippen LogP contribution is -2.48. The van der Waals surface area contributed by atoms with Crippen LogP contribution in [0.15, 0.2) is 69.9 Å². The van der Waals surface area contributed by atoms with Gasteiger partial charge in [-0.3, -0.25) is 14.5 Å². The van der Waals surface area contributed by atoms with Crippen molar-refractivity contribution in [3.8, 4) is 0 Å². The Bertz CT molecular complexity index is 1120. The summed E-state index contributed by atoms with van der Waals surface area (Å²) in [6.07, 6.45) is 3.64. The molecule has 0 unspecified atom stereocenters. The van der Waals surface area contributed by atoms with Gasteiger partial charge >= 0.3 is 5.76 Å². The molecule has 154 valence electrons. The average molecular weight is 405 g/mol. The maximum atomic E-state index is 12.6. The van der Waals surface area contributed by atoms with Crippen LogP contribution < -0.4 is 5.76 Å². The fourth-order valence-electron chi connectivity index (χ4n) is 3.60. The van der Waals surface area contributed by atoms with Crippen LogP contribution in [0.1, 0.15) is 16.8 Å². The number of para-hydroxylation sites is 2. The summed E-state index contributed by atoms with van der Waals surface area (Å²) in [6.45, 7) is 3.15. The first-order valence-electron chi connectivity index (χ1n) is 10.00. The maximum Gasteiger partial charge on any atom is 0.426 e. The van der Waals surface area contributed by atoms with E-state index in [1.165, 1.54) is 0 Å². The number of rotatable bonds is 5. The molecule has 0 radical (unpaired) electrons. The lowest BCUT2D eigenvalue weighted by molar-refractivity contribution is -0.127. The van der Waals surface area contributed by atoms with Crippen LogP contribution in [0.3, 0.4) is 0 Å². The van der Waals surface area contributed by atoms with Crippen molar-refractivity contribution in [3.05, 3.63) is 76.8 Å². The minimum atomic E-state index is -0.651. The first kappa shape index (κ1) is 19.8. The number of carbonyl (C=O) groups excluding carboxylic acids is 2. The van der Waals surface area contributed by atoms with Gasteiger partial charge in [0.1, 0.15) is 0 Å². The Hall–Kier alpha value is -3.45. The van der Waals surface area contributed by atoms with E-state index in [-0.39, 0.29) is 18.2 Å². The zero-order valence-corrected chi connectivity index (χ0v) is 16.6. The summed E-state index contributed by atoms with van der Waals surface area (Å²) in [5, 5.41) is 0. The number of amides is 1. The van der Waals surface area contributed by atoms with E-state index in [9.17, 15) is 14.4 Å². The van der Waals surface area contributed by atoms with Crippen LogP contribution in [0, 0.1) is 0 Å². The highest BCUT2D eigenvalue weighted by Gasteiger charge is 2.21. The molecule has 0 spiro atoms. The highest BCUT2D eigenvalue weighted by Crippen LogP contribution is 2.13. The standard InChI is InChI=1S/C23H23N3O4/c27-21(11-10-18-6-2-1-3-7-18)25-16-14-24(15-17-25)13-12-22(28)26-19-8-4-5-9-20(19)30-23(26)29/h1-11H,12-17H2. The van der Waals surface area contributed by atoms with Crippen molar-refractivity contribution in [3.63, 3.8) is 0 Å². The lowest BCUT2D eigenvalue weighted by atomic mass is 10.2. The monoisotopic (exact) mass is 405 g/mol. The molecule has 7 heteroatoms. The van der Waals surface area contributed by atoms with Gasteiger partial charge in [-0.05, 0) is 23.8 Å². The Morgan fingerprint density at radius 1 is 0.933 bits per heavy atom. The number of aromatic nitrogens is 1. The van der Waals surface area contributed by atoms with Crippen molar-refractivity contribution in [1.82, 2.24) is 14.4 Å². The van der Waals surface area contributed by atoms with Gasteiger partial charge in [0.2, 0.25) is 11.8 Å². The molecule has 0 saturated carbocycles. The zero-order chi connectivity index (χ0) is 20.9. The van der Waals surface area contributed by atoms with Crippen LogP contribution in [0.2, 0.25) is 0 Å². The van der Waals surface area contributed by atoms with Gasteiger partial charge in [0.25, 0.3) is 0 Å². The number of hydrogen-bond acceptors (Lipinski definition) is 5. The fraction of sp³-hybridized carbons (Fsp3) is 0.261. The Morgan fingerprint density at radius 2 is 1.63 bits per heavy atom. The Balaban J connectivity index is 1.28. The van der Waals surface area contributed by atoms with Crippen LogP contribution in [0.5, 0.6) is 0 Å². The van der Waals surface area contributed by atoms with Crippen molar-refractivity contribution in [2.45, 2.75) is 6.42 Å². The van der Waals surface area contributed by atoms with Crippen molar-refractivity contribution >= 4 is 29.0 Å². The van der Waals surface area contributed by atoms with Crippen molar-refractivity contribution in [2.75, 3.05) is 32.7 Å². The molecule has 4 rings (SSSR count). The van der Waals surface area contributed by atoms with E-state index in [0.717, 1.165) is 10.1 Å². The van der Waals surface area contributed by atoms with Gasteiger partial charge < -0.3 is 9.32 Å². The summed E-state index contributed by atoms with van der Waals surface area (Å²) < 4.78 is 6.23. The second-order valence-corrected chi connectivity index (χ2v) is 7.23. The zero-order valence-electron chi connectivity index (χ0n) is 16.6. The predicted octanol–water partition coefficient (Wildman–Crippen LogP) is 2.48. The second kappa shape index (κ2) is 8.92. The second-order valence-electron chi connectivity index (χ2n) is 7.23. The third-order valence-corrected chi connectivity index (χ3v) is 5.28. The molecule has 3 aromatic rings. The molecule has 0 aliphatic carbocycles. The van der Waals surface area contributed by atoms with Gasteiger partial charge in [0, 0.05) is 45.2 Å². The van der Waals surface area contributed by atoms with Crippen LogP contribution in [0.4, 0.5) is 0 Å². The van der Waals surface area contributed by atoms with E-state index < -0.39 is 5.76 Å². The molecule has 0 bridgehead atoms. The number of carbonyl (C=O) groups is 2. The SMILES string of the molecule is O=C(C=Cc1ccccc1)N1CCN(CCC(=O)n2c(=O)oc3ccccc32)CC1. The van der Waals surface area contributed by atoms with E-state index in [2.05, 4.69) is 4.90 Å². The quantitative estimate of drug-likeness (QED) is 0.610. The molecule has 1 saturated heterocycles. The number of oxazole rings is 1. The van der Waals surface area contributed by atoms with E-state index in [4.69, 9.17) is 4.42 Å². The minimum Gasteiger partial charge on any atom is -0.407 e. The van der Waals surface area contributed by atoms with E-state index in [0.29, 0.717) is 43.8 Å². The molecular formula is C23H23N3O4. The Morgan fingerprint density at radius 3 is 2.40 bits per heavy atom. The van der Waals surface area contributed by atoms with Crippen molar-refractivity contribution in [2.24, 2.45) is 0 Å². The summed E-state index contributed by atoms with van der Waals surface area (Å²) in [5.74, 6) is -0.943. The van der Waals surface area contributed by atoms with Gasteiger partial charge in [-0.15, -0.1) is 0 Å². The third kappa shape index (κ3) is 4.41. The lowest BCUT2D eigenvalue weighted by Gasteiger charge is -2.34. The smallest absolute Gasteiger partial charge is 0.407 e. The number of nitrogens with zero attached hydrogens (tertiary/aromatic N) is 3. The highest BCUT2D eigenvalue weighted by atomic mass is 16.4. The van der Waals surface area contributed by atoms with Gasteiger partial charge in [-0.25, -0.2) is 9.36 Å². The molecule has 7 nitrogen and oxygen atoms in total. The fourth-order valence-corrected chi connectivity index (χ4v) is 3.60. The number of benzene rings is 2. The van der Waals surface area contributed by atoms with Gasteiger partial charge in [-0.1, -0.05) is 42.5 Å². The van der Waals surface area contributed by atoms with Crippen LogP contribution in [0.25, 0.3) is 17.2 Å². The average Bonchev–Trinajstić information content (AvgIpc) is 3.12. The molecule has 0 N–H and O–H groups in total. The molecule has 30 heavy (non-hydrogen) atoms. The normalized spacial score (nSPS) is 15.1. The molecular weight excluding hydrogens is 382 g/mol. The van der Waals surface area contributed by atoms with Crippen LogP contribution in [-0.4, -0.2) is 58.9 Å². The molecule has 2 heterocycles. The summed E-state index contributed by atoms with van der Waals surface area (Å²) in [7, 11) is 0. The minimum absolute atomic E-state index is 0.00833. The third-order valence-electron chi connectivity index (χ3n) is 5.28. The summed E-state index contributed by atoms with van der Waals surface area (Å²) in [5.41, 5.74) is 1.89. The molecule has 1 fully saturated rings. The van der Waals surface area contributed by atoms with E-state index >= 15 is 0 Å². The topological polar surface area (TPSA) is 75.8 Å². The molecule has 1 amide bonds. The predicted molar refractivity (Wildman–Crippen MR) is 114 cm³/mol. The first-order valence-corrected chi connectivity index (χ1v) is 10.00. The van der Waals surface area contributed by atoms with Gasteiger partial charge in [-0.2, -0.15) is 0 Å². The van der Waals surface area contributed by atoms with Gasteiger partial charge in [0.05, 0.1) is 5.52 Å².